The highest BCUT2D eigenvalue weighted by Gasteiger charge is 2.43. The molecule has 132 valence electrons. The summed E-state index contributed by atoms with van der Waals surface area (Å²) in [6.45, 7) is 0.900. The molecule has 0 aromatic rings. The fourth-order valence-corrected chi connectivity index (χ4v) is 2.95. The Kier molecular flexibility index (Phi) is 5.85. The summed E-state index contributed by atoms with van der Waals surface area (Å²) in [6.07, 6.45) is -3.12. The second kappa shape index (κ2) is 7.48. The van der Waals surface area contributed by atoms with Crippen LogP contribution in [0.5, 0.6) is 0 Å². The van der Waals surface area contributed by atoms with Crippen LogP contribution in [0.15, 0.2) is 0 Å². The van der Waals surface area contributed by atoms with Crippen molar-refractivity contribution in [3.05, 3.63) is 0 Å². The van der Waals surface area contributed by atoms with E-state index < -0.39 is 18.2 Å². The van der Waals surface area contributed by atoms with E-state index in [0.29, 0.717) is 32.4 Å². The molecule has 9 heteroatoms. The number of carbonyl (C=O) groups excluding carboxylic acids is 2. The molecular formula is C14H22F3N3O3. The Morgan fingerprint density at radius 2 is 1.83 bits per heavy atom. The minimum atomic E-state index is -4.82. The Labute approximate surface area is 132 Å². The number of carbonyl (C=O) groups is 2. The number of rotatable bonds is 4. The lowest BCUT2D eigenvalue weighted by atomic mass is 9.96. The fraction of sp³-hybridized carbons (Fsp3) is 0.857. The van der Waals surface area contributed by atoms with Crippen LogP contribution in [0.2, 0.25) is 0 Å². The zero-order valence-corrected chi connectivity index (χ0v) is 12.8. The van der Waals surface area contributed by atoms with E-state index in [2.05, 4.69) is 5.32 Å². The van der Waals surface area contributed by atoms with Crippen molar-refractivity contribution >= 4 is 11.8 Å². The van der Waals surface area contributed by atoms with E-state index >= 15 is 0 Å². The van der Waals surface area contributed by atoms with Gasteiger partial charge in [-0.2, -0.15) is 13.2 Å². The number of nitrogens with two attached hydrogens (primary N) is 1. The Balaban J connectivity index is 1.69. The lowest BCUT2D eigenvalue weighted by molar-refractivity contribution is -0.186. The molecule has 2 heterocycles. The van der Waals surface area contributed by atoms with Gasteiger partial charge in [0, 0.05) is 26.2 Å². The van der Waals surface area contributed by atoms with Crippen LogP contribution in [-0.2, 0) is 14.3 Å². The molecule has 6 nitrogen and oxygen atoms in total. The Hall–Kier alpha value is -1.35. The summed E-state index contributed by atoms with van der Waals surface area (Å²) in [5.74, 6) is -1.91. The number of alkyl halides is 3. The van der Waals surface area contributed by atoms with Crippen molar-refractivity contribution in [2.75, 3.05) is 26.2 Å². The number of nitrogens with one attached hydrogen (secondary N) is 1. The van der Waals surface area contributed by atoms with E-state index in [0.717, 1.165) is 11.3 Å². The SMILES string of the molecule is NC[C@H]1CC[C@@H](C(=O)NCC2CCN(C(=O)C(F)(F)F)CC2)O1. The number of ether oxygens (including phenoxy) is 1. The van der Waals surface area contributed by atoms with E-state index in [1.807, 2.05) is 0 Å². The second-order valence-corrected chi connectivity index (χ2v) is 6.04. The van der Waals surface area contributed by atoms with Gasteiger partial charge in [-0.05, 0) is 31.6 Å². The van der Waals surface area contributed by atoms with Gasteiger partial charge >= 0.3 is 12.1 Å². The predicted molar refractivity (Wildman–Crippen MR) is 75.3 cm³/mol. The standard InChI is InChI=1S/C14H22F3N3O3/c15-14(16,17)13(22)20-5-3-9(4-6-20)8-19-12(21)11-2-1-10(7-18)23-11/h9-11H,1-8,18H2,(H,19,21)/t10-,11+/m1/s1. The van der Waals surface area contributed by atoms with E-state index in [1.165, 1.54) is 0 Å². The molecule has 2 saturated heterocycles. The van der Waals surface area contributed by atoms with Crippen LogP contribution in [0.3, 0.4) is 0 Å². The van der Waals surface area contributed by atoms with E-state index in [-0.39, 0.29) is 31.0 Å². The first kappa shape index (κ1) is 18.0. The summed E-state index contributed by atoms with van der Waals surface area (Å²) in [5, 5.41) is 2.78. The third-order valence-corrected chi connectivity index (χ3v) is 4.37. The molecule has 0 bridgehead atoms. The maximum Gasteiger partial charge on any atom is 0.471 e. The van der Waals surface area contributed by atoms with Crippen molar-refractivity contribution in [2.45, 2.75) is 44.1 Å². The molecule has 2 rings (SSSR count). The Morgan fingerprint density at radius 1 is 1.17 bits per heavy atom. The molecule has 3 N–H and O–H groups in total. The van der Waals surface area contributed by atoms with Crippen LogP contribution in [0, 0.1) is 5.92 Å². The van der Waals surface area contributed by atoms with Crippen LogP contribution in [0.1, 0.15) is 25.7 Å². The average Bonchev–Trinajstić information content (AvgIpc) is 3.00. The summed E-state index contributed by atoms with van der Waals surface area (Å²) in [5.41, 5.74) is 5.49. The normalized spacial score (nSPS) is 26.3. The minimum absolute atomic E-state index is 0.0635. The molecule has 0 aliphatic carbocycles. The third kappa shape index (κ3) is 4.81. The quantitative estimate of drug-likeness (QED) is 0.778. The first-order valence-corrected chi connectivity index (χ1v) is 7.80. The van der Waals surface area contributed by atoms with Crippen LogP contribution in [0.25, 0.3) is 0 Å². The van der Waals surface area contributed by atoms with E-state index in [4.69, 9.17) is 10.5 Å². The van der Waals surface area contributed by atoms with Crippen molar-refractivity contribution in [1.29, 1.82) is 0 Å². The number of nitrogens with zero attached hydrogens (tertiary/aromatic N) is 1. The van der Waals surface area contributed by atoms with Crippen molar-refractivity contribution < 1.29 is 27.5 Å². The summed E-state index contributed by atoms with van der Waals surface area (Å²) in [4.78, 5) is 23.9. The number of halogens is 3. The summed E-state index contributed by atoms with van der Waals surface area (Å²) in [7, 11) is 0. The molecule has 0 saturated carbocycles. The molecule has 2 atom stereocenters. The lowest BCUT2D eigenvalue weighted by Crippen LogP contribution is -2.47. The van der Waals surface area contributed by atoms with E-state index in [9.17, 15) is 22.8 Å². The molecule has 0 radical (unpaired) electrons. The van der Waals surface area contributed by atoms with Crippen molar-refractivity contribution in [3.8, 4) is 0 Å². The zero-order valence-electron chi connectivity index (χ0n) is 12.8. The Bertz CT molecular complexity index is 437. The topological polar surface area (TPSA) is 84.7 Å². The summed E-state index contributed by atoms with van der Waals surface area (Å²) >= 11 is 0. The van der Waals surface area contributed by atoms with Gasteiger partial charge < -0.3 is 20.7 Å². The van der Waals surface area contributed by atoms with Crippen LogP contribution >= 0.6 is 0 Å². The van der Waals surface area contributed by atoms with Gasteiger partial charge in [-0.15, -0.1) is 0 Å². The van der Waals surface area contributed by atoms with Crippen molar-refractivity contribution in [2.24, 2.45) is 11.7 Å². The number of amides is 2. The summed E-state index contributed by atoms with van der Waals surface area (Å²) < 4.78 is 42.5. The van der Waals surface area contributed by atoms with Crippen LogP contribution in [-0.4, -0.2) is 61.3 Å². The van der Waals surface area contributed by atoms with Gasteiger partial charge in [0.05, 0.1) is 6.10 Å². The number of piperidine rings is 1. The van der Waals surface area contributed by atoms with Gasteiger partial charge in [0.2, 0.25) is 5.91 Å². The monoisotopic (exact) mass is 337 g/mol. The van der Waals surface area contributed by atoms with Gasteiger partial charge in [0.25, 0.3) is 0 Å². The highest BCUT2D eigenvalue weighted by atomic mass is 19.4. The molecule has 2 fully saturated rings. The molecule has 2 aliphatic rings. The molecule has 2 amide bonds. The van der Waals surface area contributed by atoms with Gasteiger partial charge in [-0.3, -0.25) is 9.59 Å². The van der Waals surface area contributed by atoms with E-state index in [1.54, 1.807) is 0 Å². The van der Waals surface area contributed by atoms with Crippen molar-refractivity contribution in [3.63, 3.8) is 0 Å². The third-order valence-electron chi connectivity index (χ3n) is 4.37. The number of hydrogen-bond donors (Lipinski definition) is 2. The summed E-state index contributed by atoms with van der Waals surface area (Å²) in [6, 6.07) is 0. The van der Waals surface area contributed by atoms with Crippen LogP contribution < -0.4 is 11.1 Å². The molecule has 0 aromatic carbocycles. The zero-order chi connectivity index (χ0) is 17.0. The molecule has 23 heavy (non-hydrogen) atoms. The first-order chi connectivity index (χ1) is 10.8. The minimum Gasteiger partial charge on any atom is -0.364 e. The molecule has 0 spiro atoms. The molecular weight excluding hydrogens is 315 g/mol. The number of likely N-dealkylation sites (tertiary alicyclic amines) is 1. The first-order valence-electron chi connectivity index (χ1n) is 7.80. The smallest absolute Gasteiger partial charge is 0.364 e. The van der Waals surface area contributed by atoms with Gasteiger partial charge in [-0.25, -0.2) is 0 Å². The molecule has 0 unspecified atom stereocenters. The fourth-order valence-electron chi connectivity index (χ4n) is 2.95. The molecule has 0 aromatic heterocycles. The highest BCUT2D eigenvalue weighted by Crippen LogP contribution is 2.24. The maximum atomic E-state index is 12.3. The predicted octanol–water partition coefficient (Wildman–Crippen LogP) is 0.410. The highest BCUT2D eigenvalue weighted by molar-refractivity contribution is 5.82. The lowest BCUT2D eigenvalue weighted by Gasteiger charge is -2.32. The van der Waals surface area contributed by atoms with Crippen molar-refractivity contribution in [1.82, 2.24) is 10.2 Å². The Morgan fingerprint density at radius 3 is 2.35 bits per heavy atom. The second-order valence-electron chi connectivity index (χ2n) is 6.04. The number of hydrogen-bond acceptors (Lipinski definition) is 4. The largest absolute Gasteiger partial charge is 0.471 e. The maximum absolute atomic E-state index is 12.3. The van der Waals surface area contributed by atoms with Gasteiger partial charge in [-0.1, -0.05) is 0 Å². The van der Waals surface area contributed by atoms with Gasteiger partial charge in [0.1, 0.15) is 6.10 Å². The average molecular weight is 337 g/mol. The van der Waals surface area contributed by atoms with Gasteiger partial charge in [0.15, 0.2) is 0 Å². The molecule has 2 aliphatic heterocycles. The van der Waals surface area contributed by atoms with Crippen LogP contribution in [0.4, 0.5) is 13.2 Å².